The van der Waals surface area contributed by atoms with Gasteiger partial charge in [0.1, 0.15) is 11.6 Å². The maximum atomic E-state index is 14.2. The van der Waals surface area contributed by atoms with Crippen LogP contribution in [0.1, 0.15) is 37.9 Å². The Balaban J connectivity index is 1.92. The number of rotatable bonds is 5. The van der Waals surface area contributed by atoms with E-state index in [2.05, 4.69) is 4.99 Å². The lowest BCUT2D eigenvalue weighted by Crippen LogP contribution is -2.39. The van der Waals surface area contributed by atoms with E-state index in [1.54, 1.807) is 56.3 Å². The van der Waals surface area contributed by atoms with Gasteiger partial charge in [-0.25, -0.2) is 14.2 Å². The number of carbonyl (C=O) groups excluding carboxylic acids is 2. The molecule has 0 saturated carbocycles. The molecule has 174 valence electrons. The van der Waals surface area contributed by atoms with Crippen LogP contribution in [0.25, 0.3) is 6.08 Å². The van der Waals surface area contributed by atoms with Crippen molar-refractivity contribution in [1.82, 2.24) is 4.57 Å². The zero-order chi connectivity index (χ0) is 24.4. The molecule has 0 spiro atoms. The summed E-state index contributed by atoms with van der Waals surface area (Å²) in [6.45, 7) is 4.83. The van der Waals surface area contributed by atoms with Gasteiger partial charge in [-0.3, -0.25) is 14.2 Å². The fourth-order valence-corrected chi connectivity index (χ4v) is 4.76. The molecule has 0 N–H and O–H groups in total. The number of hydrogen-bond donors (Lipinski definition) is 0. The first-order valence-corrected chi connectivity index (χ1v) is 11.3. The Hall–Kier alpha value is -3.85. The van der Waals surface area contributed by atoms with E-state index in [4.69, 9.17) is 9.47 Å². The van der Waals surface area contributed by atoms with Gasteiger partial charge < -0.3 is 9.47 Å². The summed E-state index contributed by atoms with van der Waals surface area (Å²) >= 11 is 1.11. The van der Waals surface area contributed by atoms with E-state index in [1.807, 2.05) is 0 Å². The van der Waals surface area contributed by atoms with Crippen LogP contribution in [0.3, 0.4) is 0 Å². The third kappa shape index (κ3) is 4.47. The van der Waals surface area contributed by atoms with Crippen LogP contribution in [0.15, 0.2) is 69.6 Å². The maximum Gasteiger partial charge on any atom is 0.338 e. The van der Waals surface area contributed by atoms with Crippen LogP contribution in [-0.2, 0) is 14.3 Å². The number of allylic oxidation sites excluding steroid dienone is 1. The molecule has 1 aliphatic rings. The molecule has 9 heteroatoms. The van der Waals surface area contributed by atoms with Gasteiger partial charge in [0.15, 0.2) is 4.80 Å². The Morgan fingerprint density at radius 1 is 1.18 bits per heavy atom. The molecule has 1 unspecified atom stereocenters. The Morgan fingerprint density at radius 3 is 2.53 bits per heavy atom. The molecule has 0 amide bonds. The van der Waals surface area contributed by atoms with Crippen LogP contribution in [0.2, 0.25) is 0 Å². The van der Waals surface area contributed by atoms with Gasteiger partial charge in [-0.1, -0.05) is 41.7 Å². The average Bonchev–Trinajstić information content (AvgIpc) is 3.09. The molecular weight excluding hydrogens is 459 g/mol. The minimum Gasteiger partial charge on any atom is -0.463 e. The lowest BCUT2D eigenvalue weighted by atomic mass is 9.96. The van der Waals surface area contributed by atoms with E-state index >= 15 is 0 Å². The largest absolute Gasteiger partial charge is 0.463 e. The zero-order valence-electron chi connectivity index (χ0n) is 18.7. The highest BCUT2D eigenvalue weighted by Crippen LogP contribution is 2.31. The molecule has 0 radical (unpaired) electrons. The molecule has 1 aliphatic heterocycles. The van der Waals surface area contributed by atoms with Crippen molar-refractivity contribution in [2.24, 2.45) is 4.99 Å². The molecule has 0 bridgehead atoms. The summed E-state index contributed by atoms with van der Waals surface area (Å²) in [5, 5.41) is 0. The van der Waals surface area contributed by atoms with Crippen molar-refractivity contribution in [2.75, 3.05) is 6.61 Å². The monoisotopic (exact) mass is 480 g/mol. The topological polar surface area (TPSA) is 87.0 Å². The van der Waals surface area contributed by atoms with Gasteiger partial charge in [0.25, 0.3) is 5.56 Å². The number of halogens is 1. The predicted molar refractivity (Wildman–Crippen MR) is 125 cm³/mol. The van der Waals surface area contributed by atoms with Crippen molar-refractivity contribution in [3.05, 3.63) is 96.4 Å². The van der Waals surface area contributed by atoms with E-state index < -0.39 is 29.4 Å². The molecule has 34 heavy (non-hydrogen) atoms. The highest BCUT2D eigenvalue weighted by molar-refractivity contribution is 7.07. The molecule has 1 aromatic heterocycles. The van der Waals surface area contributed by atoms with E-state index in [1.165, 1.54) is 23.6 Å². The summed E-state index contributed by atoms with van der Waals surface area (Å²) in [4.78, 5) is 42.5. The number of aromatic nitrogens is 1. The number of carbonyl (C=O) groups is 2. The van der Waals surface area contributed by atoms with Crippen LogP contribution in [0.5, 0.6) is 5.75 Å². The number of thiazole rings is 1. The average molecular weight is 481 g/mol. The van der Waals surface area contributed by atoms with Crippen LogP contribution in [-0.4, -0.2) is 23.1 Å². The zero-order valence-corrected chi connectivity index (χ0v) is 19.5. The summed E-state index contributed by atoms with van der Waals surface area (Å²) in [7, 11) is 0. The number of nitrogens with zero attached hydrogens (tertiary/aromatic N) is 2. The standard InChI is InChI=1S/C25H21FN2O5S/c1-4-32-24(31)21-14(2)27-25-28(22(21)16-9-11-18(12-10-16)33-15(3)29)23(30)20(34-25)13-17-7-5-6-8-19(17)26/h5-13,22H,4H2,1-3H3. The smallest absolute Gasteiger partial charge is 0.338 e. The minimum absolute atomic E-state index is 0.158. The normalized spacial score (nSPS) is 15.5. The van der Waals surface area contributed by atoms with E-state index in [9.17, 15) is 18.8 Å². The summed E-state index contributed by atoms with van der Waals surface area (Å²) in [6.07, 6.45) is 1.48. The molecule has 0 aliphatic carbocycles. The van der Waals surface area contributed by atoms with Crippen LogP contribution < -0.4 is 19.6 Å². The summed E-state index contributed by atoms with van der Waals surface area (Å²) in [5.41, 5.74) is 1.12. The maximum absolute atomic E-state index is 14.2. The number of ether oxygens (including phenoxy) is 2. The Bertz CT molecular complexity index is 1480. The molecular formula is C25H21FN2O5S. The number of esters is 2. The van der Waals surface area contributed by atoms with Crippen molar-refractivity contribution < 1.29 is 23.5 Å². The first kappa shape index (κ1) is 23.3. The number of fused-ring (bicyclic) bond motifs is 1. The molecule has 0 fully saturated rings. The second-order valence-corrected chi connectivity index (χ2v) is 8.50. The number of hydrogen-bond acceptors (Lipinski definition) is 7. The fourth-order valence-electron chi connectivity index (χ4n) is 3.72. The first-order chi connectivity index (χ1) is 16.3. The third-order valence-corrected chi connectivity index (χ3v) is 6.15. The molecule has 7 nitrogen and oxygen atoms in total. The highest BCUT2D eigenvalue weighted by atomic mass is 32.1. The third-order valence-electron chi connectivity index (χ3n) is 5.17. The Kier molecular flexibility index (Phi) is 6.56. The van der Waals surface area contributed by atoms with Crippen molar-refractivity contribution >= 4 is 29.4 Å². The quantitative estimate of drug-likeness (QED) is 0.414. The Labute approximate surface area is 198 Å². The highest BCUT2D eigenvalue weighted by Gasteiger charge is 2.33. The summed E-state index contributed by atoms with van der Waals surface area (Å²) < 4.78 is 26.3. The van der Waals surface area contributed by atoms with E-state index in [-0.39, 0.29) is 22.3 Å². The second kappa shape index (κ2) is 9.56. The van der Waals surface area contributed by atoms with Gasteiger partial charge in [0, 0.05) is 12.5 Å². The molecule has 3 aromatic rings. The van der Waals surface area contributed by atoms with Crippen molar-refractivity contribution in [3.8, 4) is 5.75 Å². The lowest BCUT2D eigenvalue weighted by molar-refractivity contribution is -0.139. The molecule has 1 atom stereocenters. The van der Waals surface area contributed by atoms with Crippen LogP contribution >= 0.6 is 11.3 Å². The fraction of sp³-hybridized carbons (Fsp3) is 0.200. The van der Waals surface area contributed by atoms with Gasteiger partial charge in [-0.05, 0) is 43.7 Å². The second-order valence-electron chi connectivity index (χ2n) is 7.49. The molecule has 0 saturated heterocycles. The number of benzene rings is 2. The van der Waals surface area contributed by atoms with Crippen LogP contribution in [0, 0.1) is 5.82 Å². The minimum atomic E-state index is -0.815. The van der Waals surface area contributed by atoms with Gasteiger partial charge in [0.2, 0.25) is 0 Å². The van der Waals surface area contributed by atoms with Gasteiger partial charge in [0.05, 0.1) is 28.5 Å². The van der Waals surface area contributed by atoms with Crippen LogP contribution in [0.4, 0.5) is 4.39 Å². The van der Waals surface area contributed by atoms with Crippen molar-refractivity contribution in [1.29, 1.82) is 0 Å². The van der Waals surface area contributed by atoms with E-state index in [0.717, 1.165) is 11.3 Å². The predicted octanol–water partition coefficient (Wildman–Crippen LogP) is 2.86. The SMILES string of the molecule is CCOC(=O)C1=C(C)N=c2sc(=Cc3ccccc3F)c(=O)n2C1c1ccc(OC(C)=O)cc1. The van der Waals surface area contributed by atoms with Gasteiger partial charge >= 0.3 is 11.9 Å². The van der Waals surface area contributed by atoms with Gasteiger partial charge in [-0.15, -0.1) is 0 Å². The van der Waals surface area contributed by atoms with Crippen molar-refractivity contribution in [3.63, 3.8) is 0 Å². The lowest BCUT2D eigenvalue weighted by Gasteiger charge is -2.24. The van der Waals surface area contributed by atoms with E-state index in [0.29, 0.717) is 21.8 Å². The van der Waals surface area contributed by atoms with Gasteiger partial charge in [-0.2, -0.15) is 0 Å². The summed E-state index contributed by atoms with van der Waals surface area (Å²) in [5.74, 6) is -1.16. The first-order valence-electron chi connectivity index (χ1n) is 10.5. The molecule has 2 aromatic carbocycles. The van der Waals surface area contributed by atoms with Crippen molar-refractivity contribution in [2.45, 2.75) is 26.8 Å². The molecule has 4 rings (SSSR count). The molecule has 2 heterocycles. The summed E-state index contributed by atoms with van der Waals surface area (Å²) in [6, 6.07) is 11.9. The Morgan fingerprint density at radius 2 is 1.88 bits per heavy atom.